The van der Waals surface area contributed by atoms with Crippen LogP contribution >= 0.6 is 0 Å². The Morgan fingerprint density at radius 2 is 2.00 bits per heavy atom. The fraction of sp³-hybridized carbons (Fsp3) is 0.500. The summed E-state index contributed by atoms with van der Waals surface area (Å²) in [6, 6.07) is 5.75. The Morgan fingerprint density at radius 3 is 2.53 bits per heavy atom. The molecule has 0 bridgehead atoms. The molecule has 0 aliphatic heterocycles. The number of methoxy groups -OCH3 is 1. The van der Waals surface area contributed by atoms with Crippen LogP contribution in [0.3, 0.4) is 0 Å². The molecule has 0 unspecified atom stereocenters. The molecular weight excluding hydrogens is 244 g/mol. The molecule has 1 rings (SSSR count). The van der Waals surface area contributed by atoms with Crippen molar-refractivity contribution < 1.29 is 4.74 Å². The maximum atomic E-state index is 8.79. The molecule has 0 aliphatic rings. The van der Waals surface area contributed by atoms with E-state index in [1.54, 1.807) is 18.1 Å². The average molecular weight is 260 g/mol. The van der Waals surface area contributed by atoms with E-state index in [9.17, 15) is 0 Å². The summed E-state index contributed by atoms with van der Waals surface area (Å²) in [4.78, 5) is 10.2. The van der Waals surface area contributed by atoms with Gasteiger partial charge in [-0.05, 0) is 6.92 Å². The predicted octanol–water partition coefficient (Wildman–Crippen LogP) is 0.908. The second-order valence-corrected chi connectivity index (χ2v) is 3.66. The smallest absolute Gasteiger partial charge is 0.158 e. The number of ether oxygens (including phenoxy) is 1. The number of hydrogen-bond acceptors (Lipinski definition) is 7. The van der Waals surface area contributed by atoms with Gasteiger partial charge in [0, 0.05) is 19.7 Å². The minimum Gasteiger partial charge on any atom is -0.377 e. The quantitative estimate of drug-likeness (QED) is 0.727. The van der Waals surface area contributed by atoms with Gasteiger partial charge in [-0.3, -0.25) is 0 Å². The van der Waals surface area contributed by atoms with E-state index in [0.717, 1.165) is 6.54 Å². The molecule has 0 amide bonds. The highest BCUT2D eigenvalue weighted by Crippen LogP contribution is 2.16. The normalized spacial score (nSPS) is 9.47. The van der Waals surface area contributed by atoms with Crippen molar-refractivity contribution in [1.29, 1.82) is 10.5 Å². The van der Waals surface area contributed by atoms with Crippen LogP contribution in [0.5, 0.6) is 0 Å². The topological polar surface area (TPSA) is 97.9 Å². The predicted molar refractivity (Wildman–Crippen MR) is 70.3 cm³/mol. The van der Waals surface area contributed by atoms with E-state index in [1.807, 2.05) is 19.1 Å². The largest absolute Gasteiger partial charge is 0.377 e. The minimum atomic E-state index is 0.0998. The molecular formula is C12H16N6O. The molecule has 0 aromatic carbocycles. The third-order valence-electron chi connectivity index (χ3n) is 2.24. The van der Waals surface area contributed by atoms with E-state index in [1.165, 1.54) is 0 Å². The number of nitrogens with zero attached hydrogens (tertiary/aromatic N) is 5. The highest BCUT2D eigenvalue weighted by atomic mass is 16.5. The Hall–Kier alpha value is -2.38. The standard InChI is InChI=1S/C12H16N6O/c1-3-15-10-8-12(17-11(16-10)9-19-2)18(6-4-13)7-5-14/h8H,3,6-7,9H2,1-2H3,(H,15,16,17). The van der Waals surface area contributed by atoms with Crippen molar-refractivity contribution in [1.82, 2.24) is 9.97 Å². The second-order valence-electron chi connectivity index (χ2n) is 3.66. The first-order chi connectivity index (χ1) is 9.24. The molecule has 7 heteroatoms. The molecule has 1 N–H and O–H groups in total. The van der Waals surface area contributed by atoms with E-state index >= 15 is 0 Å². The van der Waals surface area contributed by atoms with E-state index in [2.05, 4.69) is 15.3 Å². The summed E-state index contributed by atoms with van der Waals surface area (Å²) in [7, 11) is 1.56. The van der Waals surface area contributed by atoms with Crippen LogP contribution in [0.4, 0.5) is 11.6 Å². The van der Waals surface area contributed by atoms with Gasteiger partial charge < -0.3 is 15.0 Å². The lowest BCUT2D eigenvalue weighted by atomic mass is 10.4. The van der Waals surface area contributed by atoms with Gasteiger partial charge in [0.05, 0.1) is 12.1 Å². The summed E-state index contributed by atoms with van der Waals surface area (Å²) in [5.74, 6) is 1.71. The highest BCUT2D eigenvalue weighted by Gasteiger charge is 2.11. The van der Waals surface area contributed by atoms with Gasteiger partial charge >= 0.3 is 0 Å². The van der Waals surface area contributed by atoms with Gasteiger partial charge in [-0.25, -0.2) is 9.97 Å². The van der Waals surface area contributed by atoms with Crippen molar-refractivity contribution in [3.63, 3.8) is 0 Å². The number of nitriles is 2. The van der Waals surface area contributed by atoms with Gasteiger partial charge in [0.15, 0.2) is 5.82 Å². The van der Waals surface area contributed by atoms with E-state index in [-0.39, 0.29) is 19.7 Å². The van der Waals surface area contributed by atoms with E-state index in [0.29, 0.717) is 17.5 Å². The summed E-state index contributed by atoms with van der Waals surface area (Å²) >= 11 is 0. The first kappa shape index (κ1) is 14.7. The first-order valence-electron chi connectivity index (χ1n) is 5.84. The Kier molecular flexibility index (Phi) is 6.07. The van der Waals surface area contributed by atoms with Crippen LogP contribution in [0.1, 0.15) is 12.7 Å². The SMILES string of the molecule is CCNc1cc(N(CC#N)CC#N)nc(COC)n1. The summed E-state index contributed by atoms with van der Waals surface area (Å²) in [6.45, 7) is 3.16. The number of anilines is 2. The maximum absolute atomic E-state index is 8.79. The van der Waals surface area contributed by atoms with Gasteiger partial charge in [-0.15, -0.1) is 0 Å². The molecule has 0 fully saturated rings. The summed E-state index contributed by atoms with van der Waals surface area (Å²) in [5, 5.41) is 20.7. The third kappa shape index (κ3) is 4.41. The lowest BCUT2D eigenvalue weighted by molar-refractivity contribution is 0.178. The van der Waals surface area contributed by atoms with Crippen molar-refractivity contribution >= 4 is 11.6 Å². The monoisotopic (exact) mass is 260 g/mol. The van der Waals surface area contributed by atoms with Crippen LogP contribution in [0, 0.1) is 22.7 Å². The molecule has 0 spiro atoms. The lowest BCUT2D eigenvalue weighted by Crippen LogP contribution is -2.25. The van der Waals surface area contributed by atoms with Gasteiger partial charge in [-0.1, -0.05) is 0 Å². The van der Waals surface area contributed by atoms with E-state index in [4.69, 9.17) is 15.3 Å². The fourth-order valence-electron chi connectivity index (χ4n) is 1.50. The zero-order valence-corrected chi connectivity index (χ0v) is 11.1. The minimum absolute atomic E-state index is 0.0998. The van der Waals surface area contributed by atoms with Crippen LogP contribution in [0.15, 0.2) is 6.07 Å². The van der Waals surface area contributed by atoms with Crippen molar-refractivity contribution in [2.75, 3.05) is 37.0 Å². The van der Waals surface area contributed by atoms with Crippen molar-refractivity contribution in [3.8, 4) is 12.1 Å². The van der Waals surface area contributed by atoms with Gasteiger partial charge in [0.1, 0.15) is 31.3 Å². The lowest BCUT2D eigenvalue weighted by Gasteiger charge is -2.18. The zero-order valence-electron chi connectivity index (χ0n) is 11.1. The Labute approximate surface area is 112 Å². The van der Waals surface area contributed by atoms with Gasteiger partial charge in [-0.2, -0.15) is 10.5 Å². The van der Waals surface area contributed by atoms with Crippen molar-refractivity contribution in [2.45, 2.75) is 13.5 Å². The Bertz CT molecular complexity index is 450. The molecule has 0 saturated heterocycles. The molecule has 1 heterocycles. The van der Waals surface area contributed by atoms with E-state index < -0.39 is 0 Å². The molecule has 1 aromatic rings. The molecule has 0 radical (unpaired) electrons. The summed E-state index contributed by atoms with van der Waals surface area (Å²) < 4.78 is 5.01. The number of nitrogens with one attached hydrogen (secondary N) is 1. The first-order valence-corrected chi connectivity index (χ1v) is 5.84. The number of rotatable bonds is 7. The van der Waals surface area contributed by atoms with Gasteiger partial charge in [0.2, 0.25) is 0 Å². The van der Waals surface area contributed by atoms with Gasteiger partial charge in [0.25, 0.3) is 0 Å². The maximum Gasteiger partial charge on any atom is 0.158 e. The van der Waals surface area contributed by atoms with Crippen LogP contribution in [-0.2, 0) is 11.3 Å². The molecule has 100 valence electrons. The number of hydrogen-bond donors (Lipinski definition) is 1. The molecule has 19 heavy (non-hydrogen) atoms. The molecule has 0 aliphatic carbocycles. The summed E-state index contributed by atoms with van der Waals surface area (Å²) in [5.41, 5.74) is 0. The average Bonchev–Trinajstić information content (AvgIpc) is 2.39. The Morgan fingerprint density at radius 1 is 1.32 bits per heavy atom. The molecule has 7 nitrogen and oxygen atoms in total. The van der Waals surface area contributed by atoms with Crippen LogP contribution < -0.4 is 10.2 Å². The van der Waals surface area contributed by atoms with Crippen molar-refractivity contribution in [2.24, 2.45) is 0 Å². The second kappa shape index (κ2) is 7.85. The zero-order chi connectivity index (χ0) is 14.1. The molecule has 0 saturated carbocycles. The number of aromatic nitrogens is 2. The molecule has 0 atom stereocenters. The van der Waals surface area contributed by atoms with Crippen LogP contribution in [0.2, 0.25) is 0 Å². The van der Waals surface area contributed by atoms with Crippen molar-refractivity contribution in [3.05, 3.63) is 11.9 Å². The molecule has 1 aromatic heterocycles. The Balaban J connectivity index is 3.09. The third-order valence-corrected chi connectivity index (χ3v) is 2.24. The fourth-order valence-corrected chi connectivity index (χ4v) is 1.50. The van der Waals surface area contributed by atoms with Crippen LogP contribution in [0.25, 0.3) is 0 Å². The highest BCUT2D eigenvalue weighted by molar-refractivity contribution is 5.50. The summed E-state index contributed by atoms with van der Waals surface area (Å²) in [6.07, 6.45) is 0. The van der Waals surface area contributed by atoms with Crippen LogP contribution in [-0.4, -0.2) is 36.7 Å².